The highest BCUT2D eigenvalue weighted by atomic mass is 32.2. The Morgan fingerprint density at radius 1 is 1.02 bits per heavy atom. The number of aromatic nitrogens is 1. The highest BCUT2D eigenvalue weighted by molar-refractivity contribution is 7.98. The molecule has 0 radical (unpaired) electrons. The summed E-state index contributed by atoms with van der Waals surface area (Å²) < 4.78 is 21.3. The molecule has 2 fully saturated rings. The first-order chi connectivity index (χ1) is 21.9. The van der Waals surface area contributed by atoms with Crippen LogP contribution in [0.1, 0.15) is 76.5 Å². The number of carbonyl (C=O) groups excluding carboxylic acids is 2. The minimum atomic E-state index is -0.379. The summed E-state index contributed by atoms with van der Waals surface area (Å²) >= 11 is 1.97. The molecule has 9 nitrogen and oxygen atoms in total. The first kappa shape index (κ1) is 33.0. The molecule has 3 heterocycles. The molecular weight excluding hydrogens is 590 g/mol. The molecule has 5 rings (SSSR count). The normalized spacial score (nSPS) is 19.4. The number of nitrogens with one attached hydrogen (secondary N) is 1. The summed E-state index contributed by atoms with van der Waals surface area (Å²) in [7, 11) is 1.35. The fourth-order valence-corrected chi connectivity index (χ4v) is 7.92. The van der Waals surface area contributed by atoms with Crippen LogP contribution in [0.5, 0.6) is 5.75 Å². The number of fused-ring (bicyclic) bond motifs is 2. The van der Waals surface area contributed by atoms with Gasteiger partial charge < -0.3 is 24.1 Å². The van der Waals surface area contributed by atoms with Crippen LogP contribution in [-0.4, -0.2) is 73.4 Å². The molecule has 0 aliphatic carbocycles. The highest BCUT2D eigenvalue weighted by Crippen LogP contribution is 2.44. The molecule has 2 aliphatic rings. The van der Waals surface area contributed by atoms with Crippen LogP contribution in [-0.2, 0) is 26.4 Å². The third kappa shape index (κ3) is 8.89. The zero-order valence-electron chi connectivity index (χ0n) is 26.6. The lowest BCUT2D eigenvalue weighted by atomic mass is 9.82. The Morgan fingerprint density at radius 3 is 2.49 bits per heavy atom. The predicted octanol–water partition coefficient (Wildman–Crippen LogP) is 5.82. The van der Waals surface area contributed by atoms with Crippen LogP contribution < -0.4 is 10.1 Å². The van der Waals surface area contributed by atoms with Gasteiger partial charge in [0.15, 0.2) is 0 Å². The van der Waals surface area contributed by atoms with Crippen LogP contribution in [0.4, 0.5) is 0 Å². The maximum atomic E-state index is 12.6. The van der Waals surface area contributed by atoms with Gasteiger partial charge in [0, 0.05) is 42.2 Å². The Kier molecular flexibility index (Phi) is 12.0. The van der Waals surface area contributed by atoms with E-state index >= 15 is 0 Å². The van der Waals surface area contributed by atoms with Crippen molar-refractivity contribution in [1.29, 1.82) is 0 Å². The number of hydrogen-bond donors (Lipinski definition) is 1. The van der Waals surface area contributed by atoms with Crippen molar-refractivity contribution in [1.82, 2.24) is 15.4 Å². The molecule has 0 saturated carbocycles. The number of benzene rings is 2. The van der Waals surface area contributed by atoms with E-state index in [1.165, 1.54) is 49.5 Å². The van der Waals surface area contributed by atoms with Gasteiger partial charge in [-0.25, -0.2) is 4.79 Å². The zero-order valence-corrected chi connectivity index (χ0v) is 27.4. The number of amides is 1. The Labute approximate surface area is 270 Å². The third-order valence-corrected chi connectivity index (χ3v) is 9.98. The Balaban J connectivity index is 0.988. The topological polar surface area (TPSA) is 103 Å². The summed E-state index contributed by atoms with van der Waals surface area (Å²) in [5, 5.41) is 7.08. The van der Waals surface area contributed by atoms with E-state index in [2.05, 4.69) is 39.6 Å². The van der Waals surface area contributed by atoms with Crippen molar-refractivity contribution in [3.63, 3.8) is 0 Å². The summed E-state index contributed by atoms with van der Waals surface area (Å²) in [5.41, 5.74) is 5.44. The number of ether oxygens (including phenoxy) is 3. The van der Waals surface area contributed by atoms with Crippen molar-refractivity contribution in [2.45, 2.75) is 76.1 Å². The molecule has 1 amide bonds. The summed E-state index contributed by atoms with van der Waals surface area (Å²) in [6.45, 7) is 5.69. The van der Waals surface area contributed by atoms with E-state index in [1.807, 2.05) is 25.6 Å². The number of esters is 1. The number of nitrogens with zero attached hydrogens (tertiary/aromatic N) is 2. The molecule has 2 aliphatic heterocycles. The minimum Gasteiger partial charge on any atom is -0.491 e. The monoisotopic (exact) mass is 635 g/mol. The van der Waals surface area contributed by atoms with Crippen molar-refractivity contribution in [3.05, 3.63) is 82.2 Å². The Hall–Kier alpha value is -3.34. The molecule has 1 aromatic heterocycles. The molecule has 45 heavy (non-hydrogen) atoms. The van der Waals surface area contributed by atoms with E-state index in [0.717, 1.165) is 29.5 Å². The van der Waals surface area contributed by atoms with E-state index in [4.69, 9.17) is 18.7 Å². The molecule has 2 unspecified atom stereocenters. The second kappa shape index (κ2) is 16.3. The standard InChI is InChI=1S/C35H45N3O6S/c1-24-33(25(2)44-37-24)22-45-23-38-29-11-12-30(38)21-28(20-29)32-7-5-4-6-26(32)10-15-34(39)36-16-17-42-18-19-43-31-13-8-27(9-14-31)35(40)41-3/h4-9,13-14,28-30H,10-12,15-23H2,1-3H3,(H,36,39). The van der Waals surface area contributed by atoms with Gasteiger partial charge in [-0.3, -0.25) is 9.69 Å². The van der Waals surface area contributed by atoms with Gasteiger partial charge in [-0.2, -0.15) is 0 Å². The van der Waals surface area contributed by atoms with Crippen molar-refractivity contribution in [2.75, 3.05) is 39.4 Å². The largest absolute Gasteiger partial charge is 0.491 e. The van der Waals surface area contributed by atoms with Crippen LogP contribution in [0.3, 0.4) is 0 Å². The van der Waals surface area contributed by atoms with E-state index < -0.39 is 0 Å². The molecule has 10 heteroatoms. The first-order valence-electron chi connectivity index (χ1n) is 15.9. The lowest BCUT2D eigenvalue weighted by Gasteiger charge is -2.39. The second-order valence-corrected chi connectivity index (χ2v) is 12.8. The van der Waals surface area contributed by atoms with Crippen LogP contribution in [0.15, 0.2) is 53.1 Å². The molecule has 3 aromatic rings. The molecule has 1 N–H and O–H groups in total. The van der Waals surface area contributed by atoms with Gasteiger partial charge in [0.25, 0.3) is 0 Å². The van der Waals surface area contributed by atoms with E-state index in [9.17, 15) is 9.59 Å². The average Bonchev–Trinajstić information content (AvgIpc) is 3.50. The summed E-state index contributed by atoms with van der Waals surface area (Å²) in [5.74, 6) is 3.80. The van der Waals surface area contributed by atoms with E-state index in [0.29, 0.717) is 62.1 Å². The van der Waals surface area contributed by atoms with Crippen molar-refractivity contribution < 1.29 is 28.3 Å². The van der Waals surface area contributed by atoms with Crippen molar-refractivity contribution >= 4 is 23.6 Å². The summed E-state index contributed by atoms with van der Waals surface area (Å²) in [4.78, 5) is 26.9. The molecule has 2 aromatic carbocycles. The zero-order chi connectivity index (χ0) is 31.6. The first-order valence-corrected chi connectivity index (χ1v) is 17.1. The van der Waals surface area contributed by atoms with E-state index in [1.54, 1.807) is 24.3 Å². The number of piperidine rings is 1. The highest BCUT2D eigenvalue weighted by Gasteiger charge is 2.41. The van der Waals surface area contributed by atoms with Crippen molar-refractivity contribution in [2.24, 2.45) is 0 Å². The maximum absolute atomic E-state index is 12.6. The number of rotatable bonds is 16. The number of thioether (sulfide) groups is 1. The molecule has 242 valence electrons. The molecule has 2 atom stereocenters. The van der Waals surface area contributed by atoms with Gasteiger partial charge in [0.05, 0.1) is 31.6 Å². The molecule has 0 spiro atoms. The fourth-order valence-electron chi connectivity index (χ4n) is 6.58. The molecular formula is C35H45N3O6S. The van der Waals surface area contributed by atoms with Gasteiger partial charge in [0.1, 0.15) is 18.1 Å². The number of carbonyl (C=O) groups is 2. The molecule has 2 saturated heterocycles. The number of hydrogen-bond acceptors (Lipinski definition) is 9. The quantitative estimate of drug-likeness (QED) is 0.154. The third-order valence-electron chi connectivity index (χ3n) is 9.01. The molecule has 2 bridgehead atoms. The minimum absolute atomic E-state index is 0.0422. The second-order valence-electron chi connectivity index (χ2n) is 11.9. The fraction of sp³-hybridized carbons (Fsp3) is 0.514. The number of aryl methyl sites for hydroxylation is 3. The smallest absolute Gasteiger partial charge is 0.337 e. The van der Waals surface area contributed by atoms with Gasteiger partial charge in [-0.05, 0) is 87.3 Å². The van der Waals surface area contributed by atoms with Gasteiger partial charge in [0.2, 0.25) is 5.91 Å². The van der Waals surface area contributed by atoms with Crippen LogP contribution in [0.2, 0.25) is 0 Å². The van der Waals surface area contributed by atoms with Crippen LogP contribution in [0, 0.1) is 13.8 Å². The van der Waals surface area contributed by atoms with E-state index in [-0.39, 0.29) is 11.9 Å². The summed E-state index contributed by atoms with van der Waals surface area (Å²) in [6.07, 6.45) is 6.13. The predicted molar refractivity (Wildman–Crippen MR) is 175 cm³/mol. The SMILES string of the molecule is COC(=O)c1ccc(OCCOCCNC(=O)CCc2ccccc2C2CC3CCC(C2)N3CSCc2c(C)noc2C)cc1. The Morgan fingerprint density at radius 2 is 1.78 bits per heavy atom. The maximum Gasteiger partial charge on any atom is 0.337 e. The van der Waals surface area contributed by atoms with Crippen LogP contribution in [0.25, 0.3) is 0 Å². The van der Waals surface area contributed by atoms with Gasteiger partial charge in [-0.1, -0.05) is 29.4 Å². The van der Waals surface area contributed by atoms with Gasteiger partial charge >= 0.3 is 5.97 Å². The van der Waals surface area contributed by atoms with Crippen LogP contribution >= 0.6 is 11.8 Å². The lowest BCUT2D eigenvalue weighted by Crippen LogP contribution is -2.42. The average molecular weight is 636 g/mol. The summed E-state index contributed by atoms with van der Waals surface area (Å²) in [6, 6.07) is 16.7. The Bertz CT molecular complexity index is 1380. The van der Waals surface area contributed by atoms with Crippen molar-refractivity contribution in [3.8, 4) is 5.75 Å². The van der Waals surface area contributed by atoms with Gasteiger partial charge in [-0.15, -0.1) is 11.8 Å². The number of methoxy groups -OCH3 is 1. The lowest BCUT2D eigenvalue weighted by molar-refractivity contribution is -0.121.